The van der Waals surface area contributed by atoms with Crippen molar-refractivity contribution in [1.82, 2.24) is 0 Å². The number of aliphatic hydroxyl groups is 1. The Balaban J connectivity index is 2.90. The Morgan fingerprint density at radius 3 is 2.58 bits per heavy atom. The van der Waals surface area contributed by atoms with Crippen LogP contribution in [0.15, 0.2) is 18.2 Å². The molecule has 0 aliphatic heterocycles. The molecule has 19 heavy (non-hydrogen) atoms. The number of ether oxygens (including phenoxy) is 1. The van der Waals surface area contributed by atoms with Gasteiger partial charge in [0.25, 0.3) is 0 Å². The fraction of sp³-hybridized carbons (Fsp3) is 0.625. The molecule has 3 unspecified atom stereocenters. The SMILES string of the molecule is CCC(C)CC(O)C(CN)c1ccc(C)c(OC)c1. The summed E-state index contributed by atoms with van der Waals surface area (Å²) >= 11 is 0. The molecule has 3 heteroatoms. The molecule has 0 fully saturated rings. The van der Waals surface area contributed by atoms with E-state index in [2.05, 4.69) is 13.8 Å². The van der Waals surface area contributed by atoms with Gasteiger partial charge in [-0.2, -0.15) is 0 Å². The first-order valence-electron chi connectivity index (χ1n) is 7.06. The predicted molar refractivity (Wildman–Crippen MR) is 79.6 cm³/mol. The molecule has 0 heterocycles. The lowest BCUT2D eigenvalue weighted by molar-refractivity contribution is 0.117. The van der Waals surface area contributed by atoms with Crippen molar-refractivity contribution in [3.63, 3.8) is 0 Å². The lowest BCUT2D eigenvalue weighted by atomic mass is 9.87. The first-order chi connectivity index (χ1) is 9.03. The summed E-state index contributed by atoms with van der Waals surface area (Å²) in [5, 5.41) is 10.4. The summed E-state index contributed by atoms with van der Waals surface area (Å²) in [5.74, 6) is 1.34. The van der Waals surface area contributed by atoms with E-state index in [-0.39, 0.29) is 5.92 Å². The Hall–Kier alpha value is -1.06. The highest BCUT2D eigenvalue weighted by Gasteiger charge is 2.22. The highest BCUT2D eigenvalue weighted by Crippen LogP contribution is 2.28. The minimum atomic E-state index is -0.396. The summed E-state index contributed by atoms with van der Waals surface area (Å²) in [7, 11) is 1.67. The maximum Gasteiger partial charge on any atom is 0.122 e. The third-order valence-corrected chi connectivity index (χ3v) is 3.92. The molecule has 0 aliphatic carbocycles. The second kappa shape index (κ2) is 7.51. The second-order valence-electron chi connectivity index (χ2n) is 5.39. The van der Waals surface area contributed by atoms with Crippen molar-refractivity contribution >= 4 is 0 Å². The average molecular weight is 265 g/mol. The summed E-state index contributed by atoms with van der Waals surface area (Å²) in [6.07, 6.45) is 1.47. The van der Waals surface area contributed by atoms with Crippen LogP contribution >= 0.6 is 0 Å². The van der Waals surface area contributed by atoms with Crippen molar-refractivity contribution in [3.8, 4) is 5.75 Å². The highest BCUT2D eigenvalue weighted by molar-refractivity contribution is 5.38. The van der Waals surface area contributed by atoms with E-state index >= 15 is 0 Å². The van der Waals surface area contributed by atoms with Gasteiger partial charge in [-0.3, -0.25) is 0 Å². The summed E-state index contributed by atoms with van der Waals surface area (Å²) in [4.78, 5) is 0. The molecule has 0 spiro atoms. The van der Waals surface area contributed by atoms with Crippen LogP contribution in [0.25, 0.3) is 0 Å². The molecule has 1 aromatic rings. The number of benzene rings is 1. The fourth-order valence-electron chi connectivity index (χ4n) is 2.33. The minimum absolute atomic E-state index is 0.0245. The summed E-state index contributed by atoms with van der Waals surface area (Å²) in [5.41, 5.74) is 8.00. The molecule has 0 saturated heterocycles. The van der Waals surface area contributed by atoms with Crippen molar-refractivity contribution in [2.24, 2.45) is 11.7 Å². The van der Waals surface area contributed by atoms with Gasteiger partial charge < -0.3 is 15.6 Å². The standard InChI is InChI=1S/C16H27NO2/c1-5-11(2)8-15(18)14(10-17)13-7-6-12(3)16(9-13)19-4/h6-7,9,11,14-15,18H,5,8,10,17H2,1-4H3. The fourth-order valence-corrected chi connectivity index (χ4v) is 2.33. The number of aryl methyl sites for hydroxylation is 1. The number of methoxy groups -OCH3 is 1. The van der Waals surface area contributed by atoms with Crippen LogP contribution in [-0.2, 0) is 0 Å². The molecule has 3 N–H and O–H groups in total. The summed E-state index contributed by atoms with van der Waals surface area (Å²) in [6.45, 7) is 6.76. The van der Waals surface area contributed by atoms with E-state index in [0.717, 1.165) is 29.7 Å². The van der Waals surface area contributed by atoms with Gasteiger partial charge in [0.05, 0.1) is 13.2 Å². The molecule has 0 amide bonds. The van der Waals surface area contributed by atoms with Crippen molar-refractivity contribution in [1.29, 1.82) is 0 Å². The molecule has 1 rings (SSSR count). The molecular weight excluding hydrogens is 238 g/mol. The van der Waals surface area contributed by atoms with Gasteiger partial charge in [-0.1, -0.05) is 32.4 Å². The maximum absolute atomic E-state index is 10.4. The van der Waals surface area contributed by atoms with Gasteiger partial charge in [-0.25, -0.2) is 0 Å². The lowest BCUT2D eigenvalue weighted by Crippen LogP contribution is -2.27. The molecular formula is C16H27NO2. The van der Waals surface area contributed by atoms with Gasteiger partial charge in [0.1, 0.15) is 5.75 Å². The van der Waals surface area contributed by atoms with Gasteiger partial charge in [-0.05, 0) is 36.5 Å². The van der Waals surface area contributed by atoms with E-state index in [9.17, 15) is 5.11 Å². The molecule has 1 aromatic carbocycles. The first-order valence-corrected chi connectivity index (χ1v) is 7.06. The van der Waals surface area contributed by atoms with Crippen molar-refractivity contribution in [3.05, 3.63) is 29.3 Å². The van der Waals surface area contributed by atoms with E-state index in [1.54, 1.807) is 7.11 Å². The Morgan fingerprint density at radius 2 is 2.05 bits per heavy atom. The lowest BCUT2D eigenvalue weighted by Gasteiger charge is -2.24. The normalized spacial score (nSPS) is 15.9. The van der Waals surface area contributed by atoms with Gasteiger partial charge >= 0.3 is 0 Å². The second-order valence-corrected chi connectivity index (χ2v) is 5.39. The zero-order valence-corrected chi connectivity index (χ0v) is 12.5. The van der Waals surface area contributed by atoms with Gasteiger partial charge in [0.2, 0.25) is 0 Å². The monoisotopic (exact) mass is 265 g/mol. The Bertz CT molecular complexity index is 392. The van der Waals surface area contributed by atoms with Gasteiger partial charge in [0, 0.05) is 12.5 Å². The molecule has 0 bridgehead atoms. The molecule has 0 aromatic heterocycles. The molecule has 108 valence electrons. The largest absolute Gasteiger partial charge is 0.496 e. The third-order valence-electron chi connectivity index (χ3n) is 3.92. The minimum Gasteiger partial charge on any atom is -0.496 e. The average Bonchev–Trinajstić information content (AvgIpc) is 2.41. The summed E-state index contributed by atoms with van der Waals surface area (Å²) < 4.78 is 5.34. The van der Waals surface area contributed by atoms with Crippen molar-refractivity contribution in [2.45, 2.75) is 45.6 Å². The number of hydrogen-bond donors (Lipinski definition) is 2. The Labute approximate surface area is 116 Å². The van der Waals surface area contributed by atoms with E-state index in [0.29, 0.717) is 12.5 Å². The zero-order valence-electron chi connectivity index (χ0n) is 12.5. The van der Waals surface area contributed by atoms with Gasteiger partial charge in [-0.15, -0.1) is 0 Å². The topological polar surface area (TPSA) is 55.5 Å². The number of aliphatic hydroxyl groups excluding tert-OH is 1. The molecule has 3 atom stereocenters. The highest BCUT2D eigenvalue weighted by atomic mass is 16.5. The van der Waals surface area contributed by atoms with Crippen LogP contribution in [0.3, 0.4) is 0 Å². The van der Waals surface area contributed by atoms with E-state index in [1.165, 1.54) is 0 Å². The van der Waals surface area contributed by atoms with E-state index < -0.39 is 6.10 Å². The zero-order chi connectivity index (χ0) is 14.4. The van der Waals surface area contributed by atoms with Crippen LogP contribution in [0.1, 0.15) is 43.7 Å². The van der Waals surface area contributed by atoms with Crippen LogP contribution in [-0.4, -0.2) is 24.9 Å². The molecule has 0 radical (unpaired) electrons. The van der Waals surface area contributed by atoms with Crippen LogP contribution in [0.2, 0.25) is 0 Å². The van der Waals surface area contributed by atoms with Gasteiger partial charge in [0.15, 0.2) is 0 Å². The predicted octanol–water partition coefficient (Wildman–Crippen LogP) is 2.84. The Morgan fingerprint density at radius 1 is 1.37 bits per heavy atom. The van der Waals surface area contributed by atoms with Crippen LogP contribution in [0.4, 0.5) is 0 Å². The first kappa shape index (κ1) is 16.0. The van der Waals surface area contributed by atoms with Crippen molar-refractivity contribution < 1.29 is 9.84 Å². The maximum atomic E-state index is 10.4. The third kappa shape index (κ3) is 4.22. The number of rotatable bonds is 7. The number of hydrogen-bond acceptors (Lipinski definition) is 3. The molecule has 3 nitrogen and oxygen atoms in total. The van der Waals surface area contributed by atoms with Crippen LogP contribution < -0.4 is 10.5 Å². The van der Waals surface area contributed by atoms with E-state index in [4.69, 9.17) is 10.5 Å². The van der Waals surface area contributed by atoms with E-state index in [1.807, 2.05) is 25.1 Å². The number of nitrogens with two attached hydrogens (primary N) is 1. The Kier molecular flexibility index (Phi) is 6.32. The smallest absolute Gasteiger partial charge is 0.122 e. The molecule has 0 aliphatic rings. The van der Waals surface area contributed by atoms with Crippen LogP contribution in [0, 0.1) is 12.8 Å². The van der Waals surface area contributed by atoms with Crippen molar-refractivity contribution in [2.75, 3.05) is 13.7 Å². The summed E-state index contributed by atoms with van der Waals surface area (Å²) in [6, 6.07) is 6.05. The quantitative estimate of drug-likeness (QED) is 0.797. The van der Waals surface area contributed by atoms with Crippen LogP contribution in [0.5, 0.6) is 5.75 Å². The molecule has 0 saturated carbocycles.